The van der Waals surface area contributed by atoms with Gasteiger partial charge in [-0.1, -0.05) is 217 Å². The highest BCUT2D eigenvalue weighted by Crippen LogP contribution is 2.61. The van der Waals surface area contributed by atoms with Crippen LogP contribution in [-0.4, -0.2) is 45.6 Å². The van der Waals surface area contributed by atoms with Crippen molar-refractivity contribution >= 4 is 55.4 Å². The molecule has 6 aromatic rings. The zero-order valence-electron chi connectivity index (χ0n) is 44.8. The predicted octanol–water partition coefficient (Wildman–Crippen LogP) is 14.9. The Morgan fingerprint density at radius 1 is 0.486 bits per heavy atom. The van der Waals surface area contributed by atoms with Gasteiger partial charge in [-0.3, -0.25) is 14.4 Å². The van der Waals surface area contributed by atoms with Crippen molar-refractivity contribution in [3.8, 4) is 11.1 Å². The molecule has 376 valence electrons. The van der Waals surface area contributed by atoms with Gasteiger partial charge in [0.25, 0.3) is 0 Å². The minimum atomic E-state index is -0.625. The molecule has 1 N–H and O–H groups in total. The molecule has 5 atom stereocenters. The Kier molecular flexibility index (Phi) is 15.4. The van der Waals surface area contributed by atoms with Gasteiger partial charge in [0, 0.05) is 38.8 Å². The maximum atomic E-state index is 13.6. The molecule has 0 aromatic heterocycles. The second kappa shape index (κ2) is 20.9. The molecule has 2 heterocycles. The molecule has 0 radical (unpaired) electrons. The van der Waals surface area contributed by atoms with Gasteiger partial charge in [-0.25, -0.2) is 0 Å². The van der Waals surface area contributed by atoms with Gasteiger partial charge >= 0.3 is 0 Å². The molecule has 3 unspecified atom stereocenters. The number of anilines is 2. The predicted molar refractivity (Wildman–Crippen MR) is 305 cm³/mol. The number of hydrogen-bond acceptors (Lipinski definition) is 4. The van der Waals surface area contributed by atoms with Crippen LogP contribution in [0, 0.1) is 10.8 Å². The Hall–Kier alpha value is -5.25. The van der Waals surface area contributed by atoms with Gasteiger partial charge in [-0.15, -0.1) is 0 Å². The van der Waals surface area contributed by atoms with Gasteiger partial charge in [0.1, 0.15) is 0 Å². The van der Waals surface area contributed by atoms with Gasteiger partial charge in [-0.05, 0) is 103 Å². The summed E-state index contributed by atoms with van der Waals surface area (Å²) in [6.45, 7) is 25.9. The molecule has 6 nitrogen and oxygen atoms in total. The quantitative estimate of drug-likeness (QED) is 0.179. The molecule has 0 fully saturated rings. The van der Waals surface area contributed by atoms with Crippen LogP contribution in [0.5, 0.6) is 0 Å². The summed E-state index contributed by atoms with van der Waals surface area (Å²) in [5.41, 5.74) is 10.6. The van der Waals surface area contributed by atoms with Gasteiger partial charge < -0.3 is 14.9 Å². The molecule has 6 aromatic carbocycles. The third kappa shape index (κ3) is 11.0. The van der Waals surface area contributed by atoms with E-state index in [0.717, 1.165) is 66.3 Å². The number of carbonyl (C=O) groups excluding carboxylic acids is 3. The first kappa shape index (κ1) is 53.1. The lowest BCUT2D eigenvalue weighted by Gasteiger charge is -2.32. The first-order valence-corrected chi connectivity index (χ1v) is 29.0. The van der Waals surface area contributed by atoms with E-state index in [0.29, 0.717) is 0 Å². The third-order valence-corrected chi connectivity index (χ3v) is 21.0. The van der Waals surface area contributed by atoms with E-state index >= 15 is 0 Å². The fraction of sp³-hybridized carbons (Fsp3) is 0.391. The fourth-order valence-electron chi connectivity index (χ4n) is 10.7. The Labute approximate surface area is 433 Å². The molecular formula is C64H76N2O4P2. The topological polar surface area (TPSA) is 77.9 Å². The smallest absolute Gasteiger partial charge is 0.232 e. The van der Waals surface area contributed by atoms with Crippen LogP contribution in [0.25, 0.3) is 11.1 Å². The Morgan fingerprint density at radius 3 is 1.39 bits per heavy atom. The number of amides is 2. The number of fused-ring (bicyclic) bond motifs is 4. The summed E-state index contributed by atoms with van der Waals surface area (Å²) in [6.07, 6.45) is 5.19. The lowest BCUT2D eigenvalue weighted by Crippen LogP contribution is -2.38. The van der Waals surface area contributed by atoms with Crippen molar-refractivity contribution < 1.29 is 19.5 Å². The van der Waals surface area contributed by atoms with Crippen LogP contribution in [0.4, 0.5) is 11.4 Å². The van der Waals surface area contributed by atoms with E-state index in [1.54, 1.807) is 0 Å². The summed E-state index contributed by atoms with van der Waals surface area (Å²) in [6, 6.07) is 49.7. The molecule has 0 saturated carbocycles. The van der Waals surface area contributed by atoms with E-state index in [-0.39, 0.29) is 45.8 Å². The highest BCUT2D eigenvalue weighted by molar-refractivity contribution is 7.69. The summed E-state index contributed by atoms with van der Waals surface area (Å²) in [5, 5.41) is 13.3. The molecule has 8 heteroatoms. The lowest BCUT2D eigenvalue weighted by atomic mass is 9.78. The molecule has 72 heavy (non-hydrogen) atoms. The van der Waals surface area contributed by atoms with Crippen molar-refractivity contribution in [3.63, 3.8) is 0 Å². The van der Waals surface area contributed by atoms with Crippen molar-refractivity contribution in [2.24, 2.45) is 10.8 Å². The van der Waals surface area contributed by atoms with Crippen LogP contribution in [0.15, 0.2) is 146 Å². The number of aliphatic hydroxyl groups excluding tert-OH is 1. The highest BCUT2D eigenvalue weighted by Gasteiger charge is 2.46. The van der Waals surface area contributed by atoms with Crippen molar-refractivity contribution in [1.29, 1.82) is 0 Å². The average molecular weight is 999 g/mol. The number of rotatable bonds is 3. The number of ketones is 1. The van der Waals surface area contributed by atoms with Gasteiger partial charge in [0.15, 0.2) is 5.78 Å². The number of benzene rings is 6. The van der Waals surface area contributed by atoms with E-state index in [9.17, 15) is 19.5 Å². The molecule has 0 saturated heterocycles. The van der Waals surface area contributed by atoms with Crippen LogP contribution < -0.4 is 20.4 Å². The van der Waals surface area contributed by atoms with Crippen molar-refractivity contribution in [1.82, 2.24) is 0 Å². The van der Waals surface area contributed by atoms with Gasteiger partial charge in [0.05, 0.1) is 30.1 Å². The number of nitrogens with zero attached hydrogens (tertiary/aromatic N) is 2. The molecular weight excluding hydrogens is 923 g/mol. The molecule has 0 bridgehead atoms. The summed E-state index contributed by atoms with van der Waals surface area (Å²) in [7, 11) is -1.25. The zero-order chi connectivity index (χ0) is 51.9. The van der Waals surface area contributed by atoms with E-state index in [1.807, 2.05) is 108 Å². The van der Waals surface area contributed by atoms with E-state index in [1.165, 1.54) is 38.4 Å². The largest absolute Gasteiger partial charge is 0.388 e. The Morgan fingerprint density at radius 2 is 0.903 bits per heavy atom. The second-order valence-electron chi connectivity index (χ2n) is 24.0. The van der Waals surface area contributed by atoms with Gasteiger partial charge in [-0.2, -0.15) is 0 Å². The average Bonchev–Trinajstić information content (AvgIpc) is 3.95. The van der Waals surface area contributed by atoms with E-state index in [2.05, 4.69) is 130 Å². The van der Waals surface area contributed by atoms with Gasteiger partial charge in [0.2, 0.25) is 11.8 Å². The van der Waals surface area contributed by atoms with Crippen LogP contribution in [0.1, 0.15) is 152 Å². The SMILES string of the molecule is CC(C)(C)C(=O)N1CP(C(C)(C)C)c2c(-c3cccc4c3P(C(C)(C)C)CN4C(=O)C(C)(C)C)cccc21.O=C1c2ccccc2CCC1c1ccccc1.O[C@H]1c2ccccc2CC[C@H]1c1ccccc1. The van der Waals surface area contributed by atoms with Crippen LogP contribution in [-0.2, 0) is 22.4 Å². The molecule has 2 aliphatic heterocycles. The Balaban J connectivity index is 0.000000166. The number of hydrogen-bond donors (Lipinski definition) is 1. The first-order valence-electron chi connectivity index (χ1n) is 25.9. The molecule has 0 spiro atoms. The summed E-state index contributed by atoms with van der Waals surface area (Å²) < 4.78 is 0. The van der Waals surface area contributed by atoms with Crippen LogP contribution in [0.3, 0.4) is 0 Å². The number of Topliss-reactive ketones (excluding diaryl/α,β-unsaturated/α-hetero) is 1. The lowest BCUT2D eigenvalue weighted by molar-refractivity contribution is -0.126. The standard InChI is InChI=1S/C32H46N2O2P2.C16H16O.C16H14O/c1-29(2,3)27(35)33-19-37(31(7,8)9)25-21(15-13-17-23(25)33)22-16-14-18-24-26(22)38(32(10,11)12)20-34(24)28(36)30(4,5)6;2*17-16-14-9-5-4-8-13(14)10-11-15(16)12-6-2-1-3-7-12/h13-18H,19-20H2,1-12H3;1-9,15-17H,10-11H2;1-9,15H,10-11H2/t;15-,16-;/m.0./s1. The van der Waals surface area contributed by atoms with Crippen LogP contribution >= 0.6 is 15.8 Å². The zero-order valence-corrected chi connectivity index (χ0v) is 46.6. The minimum absolute atomic E-state index is 0.0473. The number of carbonyl (C=O) groups is 3. The number of aryl methyl sites for hydroxylation is 2. The summed E-state index contributed by atoms with van der Waals surface area (Å²) >= 11 is 0. The van der Waals surface area contributed by atoms with E-state index in [4.69, 9.17) is 0 Å². The Bertz CT molecular complexity index is 2820. The highest BCUT2D eigenvalue weighted by atomic mass is 31.1. The maximum absolute atomic E-state index is 13.6. The van der Waals surface area contributed by atoms with Crippen molar-refractivity contribution in [3.05, 3.63) is 179 Å². The van der Waals surface area contributed by atoms with Crippen LogP contribution in [0.2, 0.25) is 0 Å². The van der Waals surface area contributed by atoms with E-state index < -0.39 is 26.7 Å². The van der Waals surface area contributed by atoms with Crippen molar-refractivity contribution in [2.75, 3.05) is 22.4 Å². The monoisotopic (exact) mass is 999 g/mol. The number of aliphatic hydroxyl groups is 1. The molecule has 4 aliphatic rings. The normalized spacial score (nSPS) is 20.5. The second-order valence-corrected chi connectivity index (χ2v) is 29.9. The summed E-state index contributed by atoms with van der Waals surface area (Å²) in [5.74, 6) is 0.930. The molecule has 2 amide bonds. The molecule has 2 aliphatic carbocycles. The maximum Gasteiger partial charge on any atom is 0.232 e. The molecule has 10 rings (SSSR count). The van der Waals surface area contributed by atoms with Crippen molar-refractivity contribution in [2.45, 2.75) is 137 Å². The fourth-order valence-corrected chi connectivity index (χ4v) is 16.2. The first-order chi connectivity index (χ1) is 34.0. The summed E-state index contributed by atoms with van der Waals surface area (Å²) in [4.78, 5) is 43.8. The minimum Gasteiger partial charge on any atom is -0.388 e. The third-order valence-electron chi connectivity index (χ3n) is 14.6.